The molecule has 1 atom stereocenters. The third-order valence-corrected chi connectivity index (χ3v) is 5.86. The molecular formula is C22H25NO3. The maximum Gasteiger partial charge on any atom is 0.255 e. The minimum absolute atomic E-state index is 0.150. The number of ether oxygens (including phenoxy) is 2. The number of fused-ring (bicyclic) bond motifs is 5. The Balaban J connectivity index is 2.00. The quantitative estimate of drug-likeness (QED) is 0.812. The number of hydrogen-bond donors (Lipinski definition) is 0. The van der Waals surface area contributed by atoms with Crippen LogP contribution in [0, 0.1) is 0 Å². The highest BCUT2D eigenvalue weighted by Gasteiger charge is 2.52. The summed E-state index contributed by atoms with van der Waals surface area (Å²) in [6.07, 6.45) is 3.92. The first-order valence-corrected chi connectivity index (χ1v) is 9.34. The lowest BCUT2D eigenvalue weighted by Crippen LogP contribution is -2.49. The van der Waals surface area contributed by atoms with Crippen molar-refractivity contribution in [2.75, 3.05) is 20.8 Å². The average molecular weight is 351 g/mol. The van der Waals surface area contributed by atoms with Gasteiger partial charge in [0.05, 0.1) is 19.8 Å². The topological polar surface area (TPSA) is 38.8 Å². The van der Waals surface area contributed by atoms with Crippen LogP contribution in [0.25, 0.3) is 0 Å². The van der Waals surface area contributed by atoms with Gasteiger partial charge in [-0.15, -0.1) is 0 Å². The fraction of sp³-hybridized carbons (Fsp3) is 0.409. The van der Waals surface area contributed by atoms with Crippen LogP contribution in [0.3, 0.4) is 0 Å². The van der Waals surface area contributed by atoms with Crippen LogP contribution in [0.2, 0.25) is 0 Å². The minimum Gasteiger partial charge on any atom is -0.493 e. The Labute approximate surface area is 154 Å². The molecule has 2 heterocycles. The predicted molar refractivity (Wildman–Crippen MR) is 101 cm³/mol. The number of nitrogens with zero attached hydrogens (tertiary/aromatic N) is 1. The van der Waals surface area contributed by atoms with Crippen molar-refractivity contribution in [2.45, 2.75) is 38.1 Å². The van der Waals surface area contributed by atoms with E-state index in [4.69, 9.17) is 9.47 Å². The van der Waals surface area contributed by atoms with E-state index in [1.165, 1.54) is 11.1 Å². The summed E-state index contributed by atoms with van der Waals surface area (Å²) in [5, 5.41) is 0. The van der Waals surface area contributed by atoms with Gasteiger partial charge in [0.1, 0.15) is 0 Å². The molecule has 0 saturated heterocycles. The Hall–Kier alpha value is -2.49. The van der Waals surface area contributed by atoms with Gasteiger partial charge in [0.15, 0.2) is 11.5 Å². The van der Waals surface area contributed by atoms with Gasteiger partial charge in [-0.1, -0.05) is 38.0 Å². The molecule has 2 aromatic carbocycles. The smallest absolute Gasteiger partial charge is 0.255 e. The first kappa shape index (κ1) is 17.0. The van der Waals surface area contributed by atoms with Crippen molar-refractivity contribution in [3.05, 3.63) is 58.7 Å². The number of rotatable bonds is 5. The molecule has 0 radical (unpaired) electrons. The van der Waals surface area contributed by atoms with Crippen molar-refractivity contribution >= 4 is 5.91 Å². The molecule has 0 N–H and O–H groups in total. The fourth-order valence-corrected chi connectivity index (χ4v) is 4.66. The zero-order chi connectivity index (χ0) is 18.3. The van der Waals surface area contributed by atoms with Crippen molar-refractivity contribution in [2.24, 2.45) is 0 Å². The maximum atomic E-state index is 13.2. The monoisotopic (exact) mass is 351 g/mol. The van der Waals surface area contributed by atoms with E-state index in [-0.39, 0.29) is 5.91 Å². The van der Waals surface area contributed by atoms with E-state index >= 15 is 0 Å². The average Bonchev–Trinajstić information content (AvgIpc) is 2.94. The summed E-state index contributed by atoms with van der Waals surface area (Å²) in [4.78, 5) is 15.2. The summed E-state index contributed by atoms with van der Waals surface area (Å²) in [6, 6.07) is 12.3. The normalized spacial score (nSPS) is 20.4. The van der Waals surface area contributed by atoms with Crippen molar-refractivity contribution in [1.29, 1.82) is 0 Å². The largest absolute Gasteiger partial charge is 0.493 e. The Morgan fingerprint density at radius 2 is 1.81 bits per heavy atom. The molecule has 2 aliphatic heterocycles. The molecule has 1 amide bonds. The summed E-state index contributed by atoms with van der Waals surface area (Å²) in [5.74, 6) is 1.63. The first-order valence-electron chi connectivity index (χ1n) is 9.34. The molecule has 4 nitrogen and oxygen atoms in total. The standard InChI is InChI=1S/C22H25NO3/c1-4-5-11-22-17-9-7-6-8-16(17)21(24)23(22)12-10-15-13-19(25-2)20(26-3)14-18(15)22/h6-9,13-14H,4-5,10-12H2,1-3H3. The second-order valence-corrected chi connectivity index (χ2v) is 7.08. The molecule has 0 fully saturated rings. The second-order valence-electron chi connectivity index (χ2n) is 7.08. The van der Waals surface area contributed by atoms with E-state index in [2.05, 4.69) is 30.0 Å². The molecule has 136 valence electrons. The fourth-order valence-electron chi connectivity index (χ4n) is 4.66. The van der Waals surface area contributed by atoms with Gasteiger partial charge in [-0.25, -0.2) is 0 Å². The molecule has 26 heavy (non-hydrogen) atoms. The van der Waals surface area contributed by atoms with E-state index in [0.717, 1.165) is 54.9 Å². The number of benzene rings is 2. The molecule has 0 aromatic heterocycles. The molecule has 0 spiro atoms. The van der Waals surface area contributed by atoms with Crippen LogP contribution in [0.4, 0.5) is 0 Å². The lowest BCUT2D eigenvalue weighted by molar-refractivity contribution is 0.0576. The number of unbranched alkanes of at least 4 members (excludes halogenated alkanes) is 1. The lowest BCUT2D eigenvalue weighted by atomic mass is 9.74. The summed E-state index contributed by atoms with van der Waals surface area (Å²) in [6.45, 7) is 2.93. The first-order chi connectivity index (χ1) is 12.7. The third-order valence-electron chi connectivity index (χ3n) is 5.86. The van der Waals surface area contributed by atoms with E-state index in [0.29, 0.717) is 0 Å². The van der Waals surface area contributed by atoms with Crippen molar-refractivity contribution in [3.63, 3.8) is 0 Å². The SMILES string of the molecule is CCCCC12c3cc(OC)c(OC)cc3CCN1C(=O)c1ccccc12. The molecule has 2 aromatic rings. The van der Waals surface area contributed by atoms with Crippen LogP contribution in [-0.2, 0) is 12.0 Å². The molecule has 0 saturated carbocycles. The van der Waals surface area contributed by atoms with E-state index in [9.17, 15) is 4.79 Å². The molecule has 4 heteroatoms. The minimum atomic E-state index is -0.392. The Morgan fingerprint density at radius 1 is 1.08 bits per heavy atom. The molecule has 0 aliphatic carbocycles. The molecular weight excluding hydrogens is 326 g/mol. The number of amides is 1. The van der Waals surface area contributed by atoms with E-state index < -0.39 is 5.54 Å². The highest BCUT2D eigenvalue weighted by molar-refractivity contribution is 6.01. The van der Waals surface area contributed by atoms with Crippen LogP contribution >= 0.6 is 0 Å². The molecule has 4 rings (SSSR count). The third kappa shape index (κ3) is 2.17. The molecule has 0 bridgehead atoms. The highest BCUT2D eigenvalue weighted by Crippen LogP contribution is 2.52. The van der Waals surface area contributed by atoms with Gasteiger partial charge in [0, 0.05) is 12.1 Å². The lowest BCUT2D eigenvalue weighted by Gasteiger charge is -2.45. The number of methoxy groups -OCH3 is 2. The zero-order valence-corrected chi connectivity index (χ0v) is 15.7. The van der Waals surface area contributed by atoms with Gasteiger partial charge < -0.3 is 14.4 Å². The van der Waals surface area contributed by atoms with Crippen molar-refractivity contribution < 1.29 is 14.3 Å². The van der Waals surface area contributed by atoms with Crippen LogP contribution in [0.15, 0.2) is 36.4 Å². The van der Waals surface area contributed by atoms with Gasteiger partial charge in [-0.05, 0) is 47.7 Å². The summed E-state index contributed by atoms with van der Waals surface area (Å²) >= 11 is 0. The summed E-state index contributed by atoms with van der Waals surface area (Å²) < 4.78 is 11.1. The Morgan fingerprint density at radius 3 is 2.54 bits per heavy atom. The number of carbonyl (C=O) groups excluding carboxylic acids is 1. The summed E-state index contributed by atoms with van der Waals surface area (Å²) in [7, 11) is 3.33. The van der Waals surface area contributed by atoms with Gasteiger partial charge >= 0.3 is 0 Å². The van der Waals surface area contributed by atoms with E-state index in [1.54, 1.807) is 14.2 Å². The zero-order valence-electron chi connectivity index (χ0n) is 15.7. The van der Waals surface area contributed by atoms with Crippen LogP contribution in [0.1, 0.15) is 53.2 Å². The van der Waals surface area contributed by atoms with Crippen LogP contribution < -0.4 is 9.47 Å². The number of hydrogen-bond acceptors (Lipinski definition) is 3. The number of carbonyl (C=O) groups is 1. The summed E-state index contributed by atoms with van der Waals surface area (Å²) in [5.41, 5.74) is 4.02. The van der Waals surface area contributed by atoms with Gasteiger partial charge in [-0.2, -0.15) is 0 Å². The van der Waals surface area contributed by atoms with E-state index in [1.807, 2.05) is 18.2 Å². The molecule has 1 unspecified atom stereocenters. The Bertz CT molecular complexity index is 860. The van der Waals surface area contributed by atoms with Gasteiger partial charge in [-0.3, -0.25) is 4.79 Å². The maximum absolute atomic E-state index is 13.2. The van der Waals surface area contributed by atoms with Crippen molar-refractivity contribution in [1.82, 2.24) is 4.90 Å². The van der Waals surface area contributed by atoms with Crippen molar-refractivity contribution in [3.8, 4) is 11.5 Å². The molecule has 2 aliphatic rings. The van der Waals surface area contributed by atoms with Gasteiger partial charge in [0.25, 0.3) is 5.91 Å². The van der Waals surface area contributed by atoms with Crippen LogP contribution in [0.5, 0.6) is 11.5 Å². The highest BCUT2D eigenvalue weighted by atomic mass is 16.5. The second kappa shape index (κ2) is 6.35. The predicted octanol–water partition coefficient (Wildman–Crippen LogP) is 4.15. The van der Waals surface area contributed by atoms with Crippen LogP contribution in [-0.4, -0.2) is 31.6 Å². The van der Waals surface area contributed by atoms with Gasteiger partial charge in [0.2, 0.25) is 0 Å². The Kier molecular flexibility index (Phi) is 4.14.